The molecule has 3 aromatic heterocycles. The number of para-hydroxylation sites is 1. The van der Waals surface area contributed by atoms with Gasteiger partial charge in [0.05, 0.1) is 16.7 Å². The molecule has 0 aliphatic carbocycles. The lowest BCUT2D eigenvalue weighted by Crippen LogP contribution is -2.02. The van der Waals surface area contributed by atoms with Gasteiger partial charge in [0.15, 0.2) is 17.5 Å². The first-order chi connectivity index (χ1) is 27.8. The lowest BCUT2D eigenvalue weighted by atomic mass is 10.00. The minimum Gasteiger partial charge on any atom is -0.309 e. The number of hydrogen-bond acceptors (Lipinski definition) is 4. The highest BCUT2D eigenvalue weighted by Gasteiger charge is 2.20. The SMILES string of the molecule is c1ccc(-c2ccc3c4ccccc4n(-c4cc(-c5nc(-c6ccccc6)nc(-c6cccc7c6sc6ccccc67)n5)ccc4-c4ccccc4)c3c2)cc1. The average Bonchev–Trinajstić information content (AvgIpc) is 3.82. The fourth-order valence-corrected chi connectivity index (χ4v) is 9.23. The first-order valence-electron chi connectivity index (χ1n) is 18.8. The molecule has 4 nitrogen and oxygen atoms in total. The molecular formula is C51H32N4S. The number of nitrogens with zero attached hydrogens (tertiary/aromatic N) is 4. The molecule has 0 saturated heterocycles. The van der Waals surface area contributed by atoms with Crippen LogP contribution in [-0.4, -0.2) is 19.5 Å². The number of fused-ring (bicyclic) bond motifs is 6. The molecule has 0 saturated carbocycles. The van der Waals surface area contributed by atoms with E-state index in [1.165, 1.54) is 42.1 Å². The largest absolute Gasteiger partial charge is 0.309 e. The molecule has 0 amide bonds. The van der Waals surface area contributed by atoms with Crippen LogP contribution in [0.15, 0.2) is 194 Å². The predicted octanol–water partition coefficient (Wildman–Crippen LogP) is 13.7. The Bertz CT molecular complexity index is 3240. The van der Waals surface area contributed by atoms with Gasteiger partial charge in [0.1, 0.15) is 0 Å². The molecule has 0 fully saturated rings. The molecule has 0 aliphatic rings. The van der Waals surface area contributed by atoms with Gasteiger partial charge in [0.2, 0.25) is 0 Å². The van der Waals surface area contributed by atoms with Gasteiger partial charge in [-0.2, -0.15) is 0 Å². The molecular weight excluding hydrogens is 701 g/mol. The highest BCUT2D eigenvalue weighted by Crippen LogP contribution is 2.42. The molecule has 0 atom stereocenters. The minimum absolute atomic E-state index is 0.624. The molecule has 11 aromatic rings. The first-order valence-corrected chi connectivity index (χ1v) is 19.6. The van der Waals surface area contributed by atoms with Crippen LogP contribution in [0.25, 0.3) is 104 Å². The summed E-state index contributed by atoms with van der Waals surface area (Å²) in [6.45, 7) is 0. The topological polar surface area (TPSA) is 43.6 Å². The van der Waals surface area contributed by atoms with Gasteiger partial charge in [0.25, 0.3) is 0 Å². The summed E-state index contributed by atoms with van der Waals surface area (Å²) in [5.74, 6) is 1.92. The number of rotatable bonds is 6. The van der Waals surface area contributed by atoms with E-state index in [0.717, 1.165) is 44.5 Å². The van der Waals surface area contributed by atoms with E-state index in [1.54, 1.807) is 11.3 Å². The number of benzene rings is 8. The van der Waals surface area contributed by atoms with Gasteiger partial charge in [-0.05, 0) is 47.0 Å². The maximum atomic E-state index is 5.30. The van der Waals surface area contributed by atoms with Crippen molar-refractivity contribution in [2.45, 2.75) is 0 Å². The van der Waals surface area contributed by atoms with E-state index in [2.05, 4.69) is 180 Å². The second-order valence-electron chi connectivity index (χ2n) is 14.0. The quantitative estimate of drug-likeness (QED) is 0.171. The fourth-order valence-electron chi connectivity index (χ4n) is 8.02. The van der Waals surface area contributed by atoms with Crippen LogP contribution in [0.2, 0.25) is 0 Å². The van der Waals surface area contributed by atoms with E-state index in [1.807, 2.05) is 18.2 Å². The maximum Gasteiger partial charge on any atom is 0.165 e. The Morgan fingerprint density at radius 2 is 0.929 bits per heavy atom. The van der Waals surface area contributed by atoms with Crippen molar-refractivity contribution in [2.75, 3.05) is 0 Å². The van der Waals surface area contributed by atoms with Crippen molar-refractivity contribution in [3.05, 3.63) is 194 Å². The van der Waals surface area contributed by atoms with Crippen LogP contribution in [0.5, 0.6) is 0 Å². The standard InChI is InChI=1S/C51H32N4S/c1-4-15-33(16-5-1)36-27-30-40-39-21-10-12-25-44(39)55(46(40)31-36)45-32-37(28-29-38(45)34-17-6-2-7-18-34)50-52-49(35-19-8-3-9-20-35)53-51(54-50)43-24-14-23-42-41-22-11-13-26-47(41)56-48(42)43/h1-32H. The normalized spacial score (nSPS) is 11.6. The summed E-state index contributed by atoms with van der Waals surface area (Å²) in [5, 5.41) is 4.86. The summed E-state index contributed by atoms with van der Waals surface area (Å²) in [5.41, 5.74) is 10.8. The molecule has 0 N–H and O–H groups in total. The Labute approximate surface area is 327 Å². The second-order valence-corrected chi connectivity index (χ2v) is 15.1. The molecule has 0 radical (unpaired) electrons. The van der Waals surface area contributed by atoms with Gasteiger partial charge >= 0.3 is 0 Å². The predicted molar refractivity (Wildman–Crippen MR) is 234 cm³/mol. The maximum absolute atomic E-state index is 5.30. The van der Waals surface area contributed by atoms with Gasteiger partial charge in [0, 0.05) is 53.2 Å². The van der Waals surface area contributed by atoms with Crippen molar-refractivity contribution in [3.63, 3.8) is 0 Å². The summed E-state index contributed by atoms with van der Waals surface area (Å²) in [4.78, 5) is 15.7. The van der Waals surface area contributed by atoms with Crippen LogP contribution >= 0.6 is 11.3 Å². The molecule has 5 heteroatoms. The smallest absolute Gasteiger partial charge is 0.165 e. The summed E-state index contributed by atoms with van der Waals surface area (Å²) in [7, 11) is 0. The van der Waals surface area contributed by atoms with Crippen LogP contribution < -0.4 is 0 Å². The Morgan fingerprint density at radius 3 is 1.71 bits per heavy atom. The fraction of sp³-hybridized carbons (Fsp3) is 0. The average molecular weight is 733 g/mol. The molecule has 11 rings (SSSR count). The lowest BCUT2D eigenvalue weighted by Gasteiger charge is -2.17. The molecule has 8 aromatic carbocycles. The third-order valence-electron chi connectivity index (χ3n) is 10.7. The number of hydrogen-bond donors (Lipinski definition) is 0. The van der Waals surface area contributed by atoms with Crippen molar-refractivity contribution in [1.29, 1.82) is 0 Å². The third-order valence-corrected chi connectivity index (χ3v) is 11.9. The first kappa shape index (κ1) is 32.2. The van der Waals surface area contributed by atoms with Gasteiger partial charge in [-0.1, -0.05) is 164 Å². The van der Waals surface area contributed by atoms with Crippen LogP contribution in [0, 0.1) is 0 Å². The number of thiophene rings is 1. The van der Waals surface area contributed by atoms with Gasteiger partial charge in [-0.25, -0.2) is 15.0 Å². The molecule has 56 heavy (non-hydrogen) atoms. The van der Waals surface area contributed by atoms with E-state index in [4.69, 9.17) is 15.0 Å². The second kappa shape index (κ2) is 13.3. The van der Waals surface area contributed by atoms with Crippen molar-refractivity contribution in [1.82, 2.24) is 19.5 Å². The van der Waals surface area contributed by atoms with Gasteiger partial charge in [-0.3, -0.25) is 0 Å². The summed E-state index contributed by atoms with van der Waals surface area (Å²) >= 11 is 1.78. The lowest BCUT2D eigenvalue weighted by molar-refractivity contribution is 1.07. The Hall–Kier alpha value is -7.21. The zero-order chi connectivity index (χ0) is 37.0. The Balaban J connectivity index is 1.18. The highest BCUT2D eigenvalue weighted by molar-refractivity contribution is 7.26. The van der Waals surface area contributed by atoms with E-state index >= 15 is 0 Å². The van der Waals surface area contributed by atoms with E-state index in [-0.39, 0.29) is 0 Å². The van der Waals surface area contributed by atoms with Gasteiger partial charge in [-0.15, -0.1) is 11.3 Å². The van der Waals surface area contributed by atoms with Crippen LogP contribution in [0.4, 0.5) is 0 Å². The van der Waals surface area contributed by atoms with E-state index < -0.39 is 0 Å². The van der Waals surface area contributed by atoms with E-state index in [9.17, 15) is 0 Å². The van der Waals surface area contributed by atoms with Crippen molar-refractivity contribution < 1.29 is 0 Å². The third kappa shape index (κ3) is 5.40. The van der Waals surface area contributed by atoms with Crippen molar-refractivity contribution >= 4 is 53.3 Å². The van der Waals surface area contributed by atoms with Crippen LogP contribution in [-0.2, 0) is 0 Å². The molecule has 0 unspecified atom stereocenters. The molecule has 3 heterocycles. The summed E-state index contributed by atoms with van der Waals surface area (Å²) in [6, 6.07) is 68.6. The minimum atomic E-state index is 0.624. The molecule has 0 aliphatic heterocycles. The van der Waals surface area contributed by atoms with Crippen molar-refractivity contribution in [2.24, 2.45) is 0 Å². The van der Waals surface area contributed by atoms with Crippen LogP contribution in [0.1, 0.15) is 0 Å². The van der Waals surface area contributed by atoms with Crippen LogP contribution in [0.3, 0.4) is 0 Å². The van der Waals surface area contributed by atoms with Gasteiger partial charge < -0.3 is 4.57 Å². The Kier molecular flexibility index (Phi) is 7.64. The number of aromatic nitrogens is 4. The monoisotopic (exact) mass is 732 g/mol. The van der Waals surface area contributed by atoms with E-state index in [0.29, 0.717) is 17.5 Å². The summed E-state index contributed by atoms with van der Waals surface area (Å²) in [6.07, 6.45) is 0. The van der Waals surface area contributed by atoms with Crippen molar-refractivity contribution in [3.8, 4) is 62.1 Å². The zero-order valence-corrected chi connectivity index (χ0v) is 31.0. The Morgan fingerprint density at radius 1 is 0.339 bits per heavy atom. The summed E-state index contributed by atoms with van der Waals surface area (Å²) < 4.78 is 4.83. The molecule has 0 bridgehead atoms. The molecule has 0 spiro atoms. The molecule has 262 valence electrons. The highest BCUT2D eigenvalue weighted by atomic mass is 32.1. The zero-order valence-electron chi connectivity index (χ0n) is 30.2.